The summed E-state index contributed by atoms with van der Waals surface area (Å²) in [5.74, 6) is 0.568. The summed E-state index contributed by atoms with van der Waals surface area (Å²) in [6.07, 6.45) is 1.85. The molecule has 0 radical (unpaired) electrons. The molecule has 2 rings (SSSR count). The average molecular weight is 455 g/mol. The largest absolute Gasteiger partial charge is 1.00 e. The molecule has 2 aromatic carbocycles. The van der Waals surface area contributed by atoms with Crippen LogP contribution in [0.5, 0.6) is 11.5 Å². The van der Waals surface area contributed by atoms with Crippen LogP contribution in [0.1, 0.15) is 37.8 Å². The van der Waals surface area contributed by atoms with E-state index in [2.05, 4.69) is 13.8 Å². The van der Waals surface area contributed by atoms with Crippen LogP contribution in [-0.4, -0.2) is 10.2 Å². The molecule has 136 valence electrons. The third-order valence-electron chi connectivity index (χ3n) is 3.50. The number of allylic oxidation sites excluding steroid dienone is 2. The second-order valence-corrected chi connectivity index (χ2v) is 6.10. The zero-order chi connectivity index (χ0) is 19.0. The summed E-state index contributed by atoms with van der Waals surface area (Å²) in [7, 11) is -5.39. The van der Waals surface area contributed by atoms with Crippen LogP contribution in [0.25, 0.3) is 11.1 Å². The van der Waals surface area contributed by atoms with Crippen molar-refractivity contribution in [2.24, 2.45) is 0 Å². The summed E-state index contributed by atoms with van der Waals surface area (Å²) in [6, 6.07) is 14.7. The Morgan fingerprint density at radius 2 is 0.897 bits per heavy atom. The molecular weight excluding hydrogens is 435 g/mol. The molecule has 0 amide bonds. The molecule has 0 spiro atoms. The van der Waals surface area contributed by atoms with Gasteiger partial charge in [0, 0.05) is 0 Å². The first-order valence-corrected chi connectivity index (χ1v) is 9.15. The molecule has 0 bridgehead atoms. The van der Waals surface area contributed by atoms with Crippen molar-refractivity contribution in [2.45, 2.75) is 26.7 Å². The molecular formula is C18H20Na4O6P+. The Morgan fingerprint density at radius 3 is 1.07 bits per heavy atom. The van der Waals surface area contributed by atoms with Crippen LogP contribution in [-0.2, 0) is 4.57 Å². The van der Waals surface area contributed by atoms with Gasteiger partial charge in [-0.3, -0.25) is 0 Å². The maximum atomic E-state index is 9.41. The third-order valence-corrected chi connectivity index (χ3v) is 3.50. The summed E-state index contributed by atoms with van der Waals surface area (Å²) in [4.78, 5) is 25.6. The van der Waals surface area contributed by atoms with E-state index in [1.54, 1.807) is 24.3 Å². The van der Waals surface area contributed by atoms with E-state index in [9.17, 15) is 10.2 Å². The number of hydrogen-bond donors (Lipinski definition) is 2. The smallest absolute Gasteiger partial charge is 0.822 e. The van der Waals surface area contributed by atoms with Gasteiger partial charge >= 0.3 is 118 Å². The molecule has 11 heteroatoms. The Labute approximate surface area is 260 Å². The van der Waals surface area contributed by atoms with Crippen molar-refractivity contribution >= 4 is 19.0 Å². The Balaban J connectivity index is -0.000000312. The molecule has 2 aromatic rings. The second kappa shape index (κ2) is 19.4. The van der Waals surface area contributed by atoms with Crippen LogP contribution in [0.15, 0.2) is 48.5 Å². The SMILES string of the molecule is CC/C(=C(/CC)c1ccc(O)cc1)c1ccc(O)cc1.O=P([O-])([O-])[O-].[Na+].[Na+].[Na+].[Na+]. The first-order chi connectivity index (χ1) is 11.7. The molecule has 0 heterocycles. The van der Waals surface area contributed by atoms with E-state index in [0.717, 1.165) is 24.0 Å². The van der Waals surface area contributed by atoms with Crippen molar-refractivity contribution in [3.63, 3.8) is 0 Å². The van der Waals surface area contributed by atoms with Crippen LogP contribution >= 0.6 is 7.82 Å². The van der Waals surface area contributed by atoms with Gasteiger partial charge in [-0.1, -0.05) is 38.1 Å². The normalized spacial score (nSPS) is 10.4. The van der Waals surface area contributed by atoms with Crippen molar-refractivity contribution in [1.82, 2.24) is 0 Å². The number of phosphoric acid groups is 1. The quantitative estimate of drug-likeness (QED) is 0.268. The maximum absolute atomic E-state index is 9.41. The molecule has 0 saturated heterocycles. The van der Waals surface area contributed by atoms with Crippen LogP contribution < -0.4 is 133 Å². The van der Waals surface area contributed by atoms with Crippen LogP contribution in [0.2, 0.25) is 0 Å². The van der Waals surface area contributed by atoms with E-state index in [4.69, 9.17) is 19.2 Å². The fourth-order valence-corrected chi connectivity index (χ4v) is 2.51. The topological polar surface area (TPSA) is 127 Å². The molecule has 2 N–H and O–H groups in total. The molecule has 0 unspecified atom stereocenters. The van der Waals surface area contributed by atoms with Crippen molar-refractivity contribution in [2.75, 3.05) is 0 Å². The Bertz CT molecular complexity index is 697. The summed E-state index contributed by atoms with van der Waals surface area (Å²) in [5, 5.41) is 18.8. The van der Waals surface area contributed by atoms with Crippen molar-refractivity contribution in [3.05, 3.63) is 59.7 Å². The molecule has 0 aliphatic heterocycles. The van der Waals surface area contributed by atoms with Gasteiger partial charge in [-0.25, -0.2) is 0 Å². The number of phenolic OH excluding ortho intramolecular Hbond substituents is 2. The molecule has 0 aliphatic rings. The number of hydrogen-bond acceptors (Lipinski definition) is 6. The van der Waals surface area contributed by atoms with Gasteiger partial charge in [0.1, 0.15) is 11.5 Å². The first kappa shape index (κ1) is 38.2. The average Bonchev–Trinajstić information content (AvgIpc) is 2.53. The van der Waals surface area contributed by atoms with Crippen molar-refractivity contribution in [1.29, 1.82) is 0 Å². The molecule has 6 nitrogen and oxygen atoms in total. The van der Waals surface area contributed by atoms with Crippen LogP contribution in [0.4, 0.5) is 0 Å². The number of rotatable bonds is 4. The zero-order valence-corrected chi connectivity index (χ0v) is 26.9. The molecule has 0 fully saturated rings. The van der Waals surface area contributed by atoms with E-state index >= 15 is 0 Å². The van der Waals surface area contributed by atoms with Crippen molar-refractivity contribution in [3.8, 4) is 11.5 Å². The minimum atomic E-state index is -5.39. The van der Waals surface area contributed by atoms with E-state index < -0.39 is 7.82 Å². The summed E-state index contributed by atoms with van der Waals surface area (Å²) >= 11 is 0. The summed E-state index contributed by atoms with van der Waals surface area (Å²) in [6.45, 7) is 4.27. The fraction of sp³-hybridized carbons (Fsp3) is 0.222. The van der Waals surface area contributed by atoms with Crippen molar-refractivity contribution < 1.29 is 148 Å². The molecule has 0 atom stereocenters. The first-order valence-electron chi connectivity index (χ1n) is 7.69. The minimum absolute atomic E-state index is 0. The predicted octanol–water partition coefficient (Wildman–Crippen LogP) is -9.98. The Hall–Kier alpha value is 1.89. The summed E-state index contributed by atoms with van der Waals surface area (Å²) < 4.78 is 8.55. The molecule has 0 saturated carbocycles. The predicted molar refractivity (Wildman–Crippen MR) is 91.2 cm³/mol. The van der Waals surface area contributed by atoms with Gasteiger partial charge < -0.3 is 29.5 Å². The van der Waals surface area contributed by atoms with Gasteiger partial charge in [-0.2, -0.15) is 7.82 Å². The zero-order valence-electron chi connectivity index (χ0n) is 18.0. The monoisotopic (exact) mass is 455 g/mol. The minimum Gasteiger partial charge on any atom is -0.822 e. The third kappa shape index (κ3) is 16.2. The fourth-order valence-electron chi connectivity index (χ4n) is 2.51. The number of aromatic hydroxyl groups is 2. The standard InChI is InChI=1S/C18H20O2.4Na.H3O4P/c1-3-17(13-5-9-15(19)10-6-13)18(4-2)14-7-11-16(20)12-8-14;;;;;1-5(2,3)4/h5-12,19-20H,3-4H2,1-2H3;;;;;(H3,1,2,3,4)/q;4*+1;/p-3/b18-17+;;;;;. The van der Waals surface area contributed by atoms with E-state index in [1.807, 2.05) is 24.3 Å². The maximum Gasteiger partial charge on any atom is 1.00 e. The van der Waals surface area contributed by atoms with Gasteiger partial charge in [0.2, 0.25) is 0 Å². The molecule has 29 heavy (non-hydrogen) atoms. The number of benzene rings is 2. The van der Waals surface area contributed by atoms with Gasteiger partial charge in [-0.05, 0) is 59.4 Å². The molecule has 0 aliphatic carbocycles. The Morgan fingerprint density at radius 1 is 0.690 bits per heavy atom. The van der Waals surface area contributed by atoms with Crippen LogP contribution in [0.3, 0.4) is 0 Å². The van der Waals surface area contributed by atoms with Gasteiger partial charge in [0.25, 0.3) is 0 Å². The summed E-state index contributed by atoms with van der Waals surface area (Å²) in [5.41, 5.74) is 4.82. The van der Waals surface area contributed by atoms with E-state index in [-0.39, 0.29) is 130 Å². The van der Waals surface area contributed by atoms with E-state index in [0.29, 0.717) is 0 Å². The number of phenols is 2. The van der Waals surface area contributed by atoms with E-state index in [1.165, 1.54) is 11.1 Å². The van der Waals surface area contributed by atoms with Gasteiger partial charge in [0.05, 0.1) is 0 Å². The van der Waals surface area contributed by atoms with Crippen LogP contribution in [0, 0.1) is 0 Å². The Kier molecular flexibility index (Phi) is 25.5. The second-order valence-electron chi connectivity index (χ2n) is 5.21. The molecule has 0 aromatic heterocycles. The van der Waals surface area contributed by atoms with Gasteiger partial charge in [0.15, 0.2) is 0 Å². The van der Waals surface area contributed by atoms with Gasteiger partial charge in [-0.15, -0.1) is 0 Å².